The lowest BCUT2D eigenvalue weighted by Crippen LogP contribution is -2.38. The van der Waals surface area contributed by atoms with Gasteiger partial charge in [0.1, 0.15) is 11.6 Å². The van der Waals surface area contributed by atoms with Gasteiger partial charge in [0.25, 0.3) is 0 Å². The number of carbonyl (C=O) groups excluding carboxylic acids is 2. The van der Waals surface area contributed by atoms with Crippen molar-refractivity contribution < 1.29 is 14.3 Å². The van der Waals surface area contributed by atoms with Gasteiger partial charge in [0.15, 0.2) is 0 Å². The average molecular weight is 437 g/mol. The summed E-state index contributed by atoms with van der Waals surface area (Å²) in [6.45, 7) is 2.34. The molecule has 11 heteroatoms. The molecule has 0 radical (unpaired) electrons. The van der Waals surface area contributed by atoms with E-state index in [9.17, 15) is 9.59 Å². The van der Waals surface area contributed by atoms with Gasteiger partial charge in [-0.25, -0.2) is 0 Å². The molecule has 1 saturated heterocycles. The fraction of sp³-hybridized carbons (Fsp3) is 0.333. The molecule has 9 nitrogen and oxygen atoms in total. The third-order valence-electron chi connectivity index (χ3n) is 4.76. The third kappa shape index (κ3) is 4.07. The van der Waals surface area contributed by atoms with Gasteiger partial charge in [0.05, 0.1) is 35.4 Å². The molecule has 0 spiro atoms. The van der Waals surface area contributed by atoms with E-state index in [0.29, 0.717) is 53.5 Å². The van der Waals surface area contributed by atoms with Gasteiger partial charge >= 0.3 is 0 Å². The van der Waals surface area contributed by atoms with E-state index in [0.717, 1.165) is 0 Å². The minimum Gasteiger partial charge on any atom is -0.383 e. The zero-order valence-electron chi connectivity index (χ0n) is 15.2. The Bertz CT molecular complexity index is 980. The van der Waals surface area contributed by atoms with E-state index in [1.54, 1.807) is 12.1 Å². The highest BCUT2D eigenvalue weighted by molar-refractivity contribution is 6.35. The van der Waals surface area contributed by atoms with Gasteiger partial charge < -0.3 is 26.0 Å². The molecule has 0 unspecified atom stereocenters. The molecule has 2 amide bonds. The molecule has 3 heterocycles. The number of nitrogens with zero attached hydrogens (tertiary/aromatic N) is 3. The summed E-state index contributed by atoms with van der Waals surface area (Å²) >= 11 is 12.1. The number of hydrogen-bond donors (Lipinski definition) is 3. The van der Waals surface area contributed by atoms with E-state index in [2.05, 4.69) is 20.6 Å². The predicted octanol–water partition coefficient (Wildman–Crippen LogP) is 2.27. The number of benzene rings is 1. The van der Waals surface area contributed by atoms with Crippen LogP contribution < -0.4 is 21.3 Å². The minimum absolute atomic E-state index is 0.0819. The molecular formula is C18H18Cl2N6O3. The summed E-state index contributed by atoms with van der Waals surface area (Å²) in [6, 6.07) is 4.72. The number of halogens is 2. The number of anilines is 4. The smallest absolute Gasteiger partial charge is 0.232 e. The number of nitrogens with two attached hydrogens (primary N) is 1. The van der Waals surface area contributed by atoms with Crippen molar-refractivity contribution >= 4 is 58.3 Å². The molecular weight excluding hydrogens is 419 g/mol. The summed E-state index contributed by atoms with van der Waals surface area (Å²) in [7, 11) is 0. The summed E-state index contributed by atoms with van der Waals surface area (Å²) in [5.74, 6) is -0.849. The van der Waals surface area contributed by atoms with Crippen LogP contribution >= 0.6 is 23.2 Å². The number of nitrogen functional groups attached to an aromatic ring is 1. The molecule has 1 atom stereocenters. The first kappa shape index (κ1) is 19.7. The van der Waals surface area contributed by atoms with Crippen molar-refractivity contribution in [1.29, 1.82) is 0 Å². The Balaban J connectivity index is 1.65. The van der Waals surface area contributed by atoms with Gasteiger partial charge in [0.2, 0.25) is 17.8 Å². The summed E-state index contributed by atoms with van der Waals surface area (Å²) in [5, 5.41) is 6.16. The van der Waals surface area contributed by atoms with Crippen molar-refractivity contribution in [3.8, 4) is 0 Å². The first-order chi connectivity index (χ1) is 13.9. The standard InChI is InChI=1S/C18H18Cl2N6O3/c19-9-1-2-11(20)12(7-9)22-17(28)10-8-13(27)23-16-14(10)15(21)24-18(25-16)26-3-5-29-6-4-26/h1-2,7,10H,3-6,8H2,(H,22,28)(H3,21,23,24,25,27)/t10-/m1/s1. The summed E-state index contributed by atoms with van der Waals surface area (Å²) in [5.41, 5.74) is 6.92. The summed E-state index contributed by atoms with van der Waals surface area (Å²) in [4.78, 5) is 35.9. The molecule has 1 aromatic heterocycles. The lowest BCUT2D eigenvalue weighted by atomic mass is 9.92. The predicted molar refractivity (Wildman–Crippen MR) is 111 cm³/mol. The number of morpholine rings is 1. The second kappa shape index (κ2) is 8.02. The number of ether oxygens (including phenoxy) is 1. The van der Waals surface area contributed by atoms with E-state index in [1.807, 2.05) is 4.90 Å². The molecule has 1 fully saturated rings. The van der Waals surface area contributed by atoms with Gasteiger partial charge in [0, 0.05) is 24.5 Å². The second-order valence-electron chi connectivity index (χ2n) is 6.69. The van der Waals surface area contributed by atoms with Crippen molar-refractivity contribution in [1.82, 2.24) is 9.97 Å². The van der Waals surface area contributed by atoms with Crippen LogP contribution in [0.2, 0.25) is 10.0 Å². The topological polar surface area (TPSA) is 122 Å². The van der Waals surface area contributed by atoms with E-state index >= 15 is 0 Å². The Morgan fingerprint density at radius 1 is 1.28 bits per heavy atom. The Labute approximate surface area is 176 Å². The lowest BCUT2D eigenvalue weighted by molar-refractivity contribution is -0.123. The van der Waals surface area contributed by atoms with Gasteiger partial charge in [-0.2, -0.15) is 9.97 Å². The maximum Gasteiger partial charge on any atom is 0.232 e. The van der Waals surface area contributed by atoms with Gasteiger partial charge in [-0.05, 0) is 18.2 Å². The molecule has 0 aliphatic carbocycles. The van der Waals surface area contributed by atoms with E-state index in [4.69, 9.17) is 33.7 Å². The fourth-order valence-electron chi connectivity index (χ4n) is 3.33. The maximum atomic E-state index is 12.9. The van der Waals surface area contributed by atoms with Gasteiger partial charge in [-0.1, -0.05) is 23.2 Å². The fourth-order valence-corrected chi connectivity index (χ4v) is 3.66. The largest absolute Gasteiger partial charge is 0.383 e. The van der Waals surface area contributed by atoms with Crippen LogP contribution in [0.3, 0.4) is 0 Å². The van der Waals surface area contributed by atoms with Crippen LogP contribution in [0.5, 0.6) is 0 Å². The molecule has 4 N–H and O–H groups in total. The monoisotopic (exact) mass is 436 g/mol. The highest BCUT2D eigenvalue weighted by atomic mass is 35.5. The highest BCUT2D eigenvalue weighted by Crippen LogP contribution is 2.37. The Hall–Kier alpha value is -2.62. The summed E-state index contributed by atoms with van der Waals surface area (Å²) in [6.07, 6.45) is -0.0819. The number of carbonyl (C=O) groups is 2. The summed E-state index contributed by atoms with van der Waals surface area (Å²) < 4.78 is 5.33. The number of amides is 2. The second-order valence-corrected chi connectivity index (χ2v) is 7.53. The average Bonchev–Trinajstić information content (AvgIpc) is 2.70. The molecule has 0 bridgehead atoms. The molecule has 0 saturated carbocycles. The molecule has 2 aromatic rings. The minimum atomic E-state index is -0.854. The number of rotatable bonds is 3. The van der Waals surface area contributed by atoms with Crippen LogP contribution in [0.15, 0.2) is 18.2 Å². The van der Waals surface area contributed by atoms with Crippen LogP contribution in [-0.4, -0.2) is 48.1 Å². The van der Waals surface area contributed by atoms with Crippen molar-refractivity contribution in [2.75, 3.05) is 47.6 Å². The zero-order valence-corrected chi connectivity index (χ0v) is 16.8. The van der Waals surface area contributed by atoms with E-state index in [-0.39, 0.29) is 24.0 Å². The van der Waals surface area contributed by atoms with Crippen LogP contribution in [0, 0.1) is 0 Å². The van der Waals surface area contributed by atoms with Crippen molar-refractivity contribution in [2.24, 2.45) is 0 Å². The molecule has 1 aromatic carbocycles. The van der Waals surface area contributed by atoms with Crippen LogP contribution in [0.1, 0.15) is 17.9 Å². The Morgan fingerprint density at radius 3 is 2.79 bits per heavy atom. The van der Waals surface area contributed by atoms with Crippen molar-refractivity contribution in [2.45, 2.75) is 12.3 Å². The SMILES string of the molecule is Nc1nc(N2CCOCC2)nc2c1[C@H](C(=O)Nc1cc(Cl)ccc1Cl)CC(=O)N2. The Morgan fingerprint density at radius 2 is 2.03 bits per heavy atom. The molecule has 2 aliphatic heterocycles. The molecule has 4 rings (SSSR count). The van der Waals surface area contributed by atoms with Crippen LogP contribution in [0.4, 0.5) is 23.3 Å². The molecule has 29 heavy (non-hydrogen) atoms. The van der Waals surface area contributed by atoms with Crippen molar-refractivity contribution in [3.05, 3.63) is 33.8 Å². The first-order valence-corrected chi connectivity index (χ1v) is 9.74. The quantitative estimate of drug-likeness (QED) is 0.673. The first-order valence-electron chi connectivity index (χ1n) is 8.98. The zero-order chi connectivity index (χ0) is 20.5. The molecule has 2 aliphatic rings. The molecule has 152 valence electrons. The highest BCUT2D eigenvalue weighted by Gasteiger charge is 2.35. The number of nitrogens with one attached hydrogen (secondary N) is 2. The Kier molecular flexibility index (Phi) is 5.44. The van der Waals surface area contributed by atoms with E-state index in [1.165, 1.54) is 6.07 Å². The van der Waals surface area contributed by atoms with Gasteiger partial charge in [-0.15, -0.1) is 0 Å². The van der Waals surface area contributed by atoms with Gasteiger partial charge in [-0.3, -0.25) is 9.59 Å². The maximum absolute atomic E-state index is 12.9. The van der Waals surface area contributed by atoms with Crippen molar-refractivity contribution in [3.63, 3.8) is 0 Å². The normalized spacial score (nSPS) is 18.8. The number of aromatic nitrogens is 2. The van der Waals surface area contributed by atoms with Crippen LogP contribution in [0.25, 0.3) is 0 Å². The lowest BCUT2D eigenvalue weighted by Gasteiger charge is -2.30. The number of fused-ring (bicyclic) bond motifs is 1. The van der Waals surface area contributed by atoms with E-state index < -0.39 is 11.8 Å². The third-order valence-corrected chi connectivity index (χ3v) is 5.32. The number of hydrogen-bond acceptors (Lipinski definition) is 7. The van der Waals surface area contributed by atoms with Crippen LogP contribution in [-0.2, 0) is 14.3 Å².